The zero-order chi connectivity index (χ0) is 12.3. The van der Waals surface area contributed by atoms with Crippen LogP contribution in [-0.4, -0.2) is 42.1 Å². The molecule has 3 N–H and O–H groups in total. The molecule has 3 atom stereocenters. The van der Waals surface area contributed by atoms with Crippen LogP contribution in [0, 0.1) is 0 Å². The molecule has 6 heteroatoms. The number of amides is 3. The Balaban J connectivity index is 1.76. The summed E-state index contributed by atoms with van der Waals surface area (Å²) in [5.74, 6) is 0.992. The van der Waals surface area contributed by atoms with Gasteiger partial charge in [0.2, 0.25) is 5.91 Å². The van der Waals surface area contributed by atoms with Gasteiger partial charge in [0.05, 0.1) is 12.1 Å². The number of fused-ring (bicyclic) bond motifs is 1. The van der Waals surface area contributed by atoms with Crippen molar-refractivity contribution in [3.05, 3.63) is 12.2 Å². The van der Waals surface area contributed by atoms with Crippen molar-refractivity contribution in [2.45, 2.75) is 30.2 Å². The van der Waals surface area contributed by atoms with Crippen LogP contribution in [-0.2, 0) is 4.79 Å². The first-order valence-electron chi connectivity index (χ1n) is 5.75. The van der Waals surface area contributed by atoms with Crippen LogP contribution in [0.1, 0.15) is 12.8 Å². The van der Waals surface area contributed by atoms with E-state index in [-0.39, 0.29) is 24.0 Å². The average molecular weight is 255 g/mol. The lowest BCUT2D eigenvalue weighted by Gasteiger charge is -2.14. The Kier molecular flexibility index (Phi) is 3.93. The first kappa shape index (κ1) is 12.3. The minimum absolute atomic E-state index is 0.0223. The molecule has 0 aromatic rings. The van der Waals surface area contributed by atoms with Crippen LogP contribution in [0.2, 0.25) is 0 Å². The van der Waals surface area contributed by atoms with Crippen molar-refractivity contribution in [2.75, 3.05) is 12.8 Å². The predicted octanol–water partition coefficient (Wildman–Crippen LogP) is 0.234. The van der Waals surface area contributed by atoms with Crippen molar-refractivity contribution in [3.63, 3.8) is 0 Å². The lowest BCUT2D eigenvalue weighted by Crippen LogP contribution is -2.36. The van der Waals surface area contributed by atoms with Crippen LogP contribution in [0.15, 0.2) is 12.2 Å². The fourth-order valence-electron chi connectivity index (χ4n) is 2.12. The molecule has 17 heavy (non-hydrogen) atoms. The number of allylic oxidation sites excluding steroid dienone is 1. The molecule has 0 aromatic carbocycles. The van der Waals surface area contributed by atoms with Crippen molar-refractivity contribution >= 4 is 23.7 Å². The maximum absolute atomic E-state index is 11.2. The van der Waals surface area contributed by atoms with Gasteiger partial charge in [-0.2, -0.15) is 11.8 Å². The van der Waals surface area contributed by atoms with Crippen LogP contribution in [0.5, 0.6) is 0 Å². The molecule has 0 aromatic heterocycles. The topological polar surface area (TPSA) is 70.2 Å². The summed E-state index contributed by atoms with van der Waals surface area (Å²) in [6, 6.07) is 0.446. The Morgan fingerprint density at radius 1 is 1.53 bits per heavy atom. The van der Waals surface area contributed by atoms with Crippen molar-refractivity contribution in [1.82, 2.24) is 16.0 Å². The molecular weight excluding hydrogens is 238 g/mol. The van der Waals surface area contributed by atoms with Crippen LogP contribution < -0.4 is 16.0 Å². The van der Waals surface area contributed by atoms with E-state index in [1.807, 2.05) is 23.9 Å². The second-order valence-corrected chi connectivity index (χ2v) is 5.48. The summed E-state index contributed by atoms with van der Waals surface area (Å²) < 4.78 is 0. The maximum atomic E-state index is 11.2. The second kappa shape index (κ2) is 5.44. The van der Waals surface area contributed by atoms with Crippen LogP contribution in [0.3, 0.4) is 0 Å². The molecule has 3 unspecified atom stereocenters. The Labute approximate surface area is 105 Å². The number of hydrogen-bond donors (Lipinski definition) is 3. The largest absolute Gasteiger partial charge is 0.359 e. The van der Waals surface area contributed by atoms with Gasteiger partial charge in [0.25, 0.3) is 0 Å². The molecule has 94 valence electrons. The summed E-state index contributed by atoms with van der Waals surface area (Å²) in [6.45, 7) is 0. The SMILES string of the molecule is CNC(=O)C/C=C/CC1SCC2NC(=O)NC21. The number of urea groups is 1. The van der Waals surface area contributed by atoms with E-state index in [2.05, 4.69) is 16.0 Å². The molecule has 2 saturated heterocycles. The minimum atomic E-state index is -0.0559. The van der Waals surface area contributed by atoms with E-state index in [4.69, 9.17) is 0 Å². The highest BCUT2D eigenvalue weighted by Crippen LogP contribution is 2.32. The van der Waals surface area contributed by atoms with Gasteiger partial charge in [-0.25, -0.2) is 4.79 Å². The summed E-state index contributed by atoms with van der Waals surface area (Å²) in [4.78, 5) is 22.2. The van der Waals surface area contributed by atoms with E-state index < -0.39 is 0 Å². The lowest BCUT2D eigenvalue weighted by atomic mass is 10.1. The van der Waals surface area contributed by atoms with E-state index >= 15 is 0 Å². The molecular formula is C11H17N3O2S. The van der Waals surface area contributed by atoms with Crippen molar-refractivity contribution < 1.29 is 9.59 Å². The highest BCUT2D eigenvalue weighted by Gasteiger charge is 2.42. The first-order valence-corrected chi connectivity index (χ1v) is 6.80. The van der Waals surface area contributed by atoms with E-state index in [9.17, 15) is 9.59 Å². The van der Waals surface area contributed by atoms with Crippen molar-refractivity contribution in [3.8, 4) is 0 Å². The van der Waals surface area contributed by atoms with Gasteiger partial charge in [0.15, 0.2) is 0 Å². The van der Waals surface area contributed by atoms with E-state index in [1.165, 1.54) is 0 Å². The number of nitrogens with one attached hydrogen (secondary N) is 3. The highest BCUT2D eigenvalue weighted by atomic mass is 32.2. The first-order chi connectivity index (χ1) is 8.20. The standard InChI is InChI=1S/C11H17N3O2S/c1-12-9(15)5-3-2-4-8-10-7(6-17-8)13-11(16)14-10/h2-3,7-8,10H,4-6H2,1H3,(H,12,15)(H2,13,14,16)/b3-2+. The quantitative estimate of drug-likeness (QED) is 0.497. The fourth-order valence-corrected chi connectivity index (χ4v) is 3.57. The van der Waals surface area contributed by atoms with E-state index in [0.29, 0.717) is 11.7 Å². The highest BCUT2D eigenvalue weighted by molar-refractivity contribution is 8.00. The Morgan fingerprint density at radius 2 is 2.35 bits per heavy atom. The van der Waals surface area contributed by atoms with Gasteiger partial charge in [-0.3, -0.25) is 4.79 Å². The molecule has 5 nitrogen and oxygen atoms in total. The van der Waals surface area contributed by atoms with Gasteiger partial charge in [-0.1, -0.05) is 12.2 Å². The molecule has 3 amide bonds. The third kappa shape index (κ3) is 2.94. The summed E-state index contributed by atoms with van der Waals surface area (Å²) in [5.41, 5.74) is 0. The second-order valence-electron chi connectivity index (χ2n) is 4.21. The Hall–Kier alpha value is -1.17. The molecule has 0 spiro atoms. The number of carbonyl (C=O) groups is 2. The lowest BCUT2D eigenvalue weighted by molar-refractivity contribution is -0.119. The zero-order valence-electron chi connectivity index (χ0n) is 9.73. The minimum Gasteiger partial charge on any atom is -0.359 e. The molecule has 0 radical (unpaired) electrons. The molecule has 0 aliphatic carbocycles. The van der Waals surface area contributed by atoms with Crippen molar-refractivity contribution in [2.24, 2.45) is 0 Å². The summed E-state index contributed by atoms with van der Waals surface area (Å²) in [6.07, 6.45) is 5.23. The third-order valence-corrected chi connectivity index (χ3v) is 4.52. The fraction of sp³-hybridized carbons (Fsp3) is 0.636. The molecule has 2 aliphatic rings. The Bertz CT molecular complexity index is 346. The third-order valence-electron chi connectivity index (χ3n) is 3.06. The molecule has 2 aliphatic heterocycles. The zero-order valence-corrected chi connectivity index (χ0v) is 10.5. The van der Waals surface area contributed by atoms with Gasteiger partial charge in [-0.05, 0) is 6.42 Å². The summed E-state index contributed by atoms with van der Waals surface area (Å²) >= 11 is 1.87. The normalized spacial score (nSPS) is 31.1. The van der Waals surface area contributed by atoms with Gasteiger partial charge in [0.1, 0.15) is 0 Å². The predicted molar refractivity (Wildman–Crippen MR) is 67.9 cm³/mol. The molecule has 2 fully saturated rings. The summed E-state index contributed by atoms with van der Waals surface area (Å²) in [7, 11) is 1.63. The molecule has 2 rings (SSSR count). The summed E-state index contributed by atoms with van der Waals surface area (Å²) in [5, 5.41) is 8.84. The van der Waals surface area contributed by atoms with E-state index in [1.54, 1.807) is 7.05 Å². The van der Waals surface area contributed by atoms with Crippen LogP contribution in [0.25, 0.3) is 0 Å². The van der Waals surface area contributed by atoms with Crippen molar-refractivity contribution in [1.29, 1.82) is 0 Å². The van der Waals surface area contributed by atoms with Crippen LogP contribution >= 0.6 is 11.8 Å². The number of carbonyl (C=O) groups excluding carboxylic acids is 2. The molecule has 0 saturated carbocycles. The van der Waals surface area contributed by atoms with Gasteiger partial charge < -0.3 is 16.0 Å². The number of hydrogen-bond acceptors (Lipinski definition) is 3. The maximum Gasteiger partial charge on any atom is 0.315 e. The average Bonchev–Trinajstić information content (AvgIpc) is 2.84. The van der Waals surface area contributed by atoms with Crippen LogP contribution in [0.4, 0.5) is 4.79 Å². The smallest absolute Gasteiger partial charge is 0.315 e. The van der Waals surface area contributed by atoms with Gasteiger partial charge in [-0.15, -0.1) is 0 Å². The van der Waals surface area contributed by atoms with Gasteiger partial charge in [0, 0.05) is 24.5 Å². The molecule has 0 bridgehead atoms. The number of rotatable bonds is 4. The number of thioether (sulfide) groups is 1. The van der Waals surface area contributed by atoms with Gasteiger partial charge >= 0.3 is 6.03 Å². The molecule has 2 heterocycles. The van der Waals surface area contributed by atoms with E-state index in [0.717, 1.165) is 12.2 Å². The monoisotopic (exact) mass is 255 g/mol. The Morgan fingerprint density at radius 3 is 3.12 bits per heavy atom.